The van der Waals surface area contributed by atoms with Crippen LogP contribution in [0.3, 0.4) is 0 Å². The molecule has 1 heterocycles. The third kappa shape index (κ3) is 4.94. The summed E-state index contributed by atoms with van der Waals surface area (Å²) in [4.78, 5) is 13.0. The second kappa shape index (κ2) is 7.60. The van der Waals surface area contributed by atoms with Crippen molar-refractivity contribution < 1.29 is 31.1 Å². The zero-order valence-corrected chi connectivity index (χ0v) is 16.3. The highest BCUT2D eigenvalue weighted by Crippen LogP contribution is 2.30. The molecule has 2 rings (SSSR count). The van der Waals surface area contributed by atoms with Crippen molar-refractivity contribution in [2.24, 2.45) is 0 Å². The monoisotopic (exact) mass is 419 g/mol. The molecular weight excluding hydrogens is 399 g/mol. The van der Waals surface area contributed by atoms with Crippen LogP contribution >= 0.6 is 0 Å². The lowest BCUT2D eigenvalue weighted by Crippen LogP contribution is -2.56. The van der Waals surface area contributed by atoms with E-state index in [0.29, 0.717) is 12.1 Å². The van der Waals surface area contributed by atoms with Crippen LogP contribution < -0.4 is 0 Å². The van der Waals surface area contributed by atoms with Crippen molar-refractivity contribution >= 4 is 16.1 Å². The Kier molecular flexibility index (Phi) is 5.96. The number of nitrogens with zero attached hydrogens (tertiary/aromatic N) is 3. The van der Waals surface area contributed by atoms with Gasteiger partial charge in [-0.1, -0.05) is 0 Å². The SMILES string of the molecule is CC(C)(C)OC(=O)N1CCN(S(=O)(=O)c2ccc(C(F)(F)F)cc2)[C@@H](C#N)C1. The number of amides is 1. The number of ether oxygens (including phenoxy) is 1. The first-order chi connectivity index (χ1) is 12.8. The summed E-state index contributed by atoms with van der Waals surface area (Å²) in [5, 5.41) is 9.37. The van der Waals surface area contributed by atoms with Gasteiger partial charge in [0.2, 0.25) is 10.0 Å². The summed E-state index contributed by atoms with van der Waals surface area (Å²) in [6.45, 7) is 4.65. The van der Waals surface area contributed by atoms with Gasteiger partial charge in [0.1, 0.15) is 11.6 Å². The van der Waals surface area contributed by atoms with Crippen molar-refractivity contribution in [2.45, 2.75) is 43.5 Å². The molecule has 1 amide bonds. The van der Waals surface area contributed by atoms with E-state index >= 15 is 0 Å². The molecule has 7 nitrogen and oxygen atoms in total. The highest BCUT2D eigenvalue weighted by molar-refractivity contribution is 7.89. The van der Waals surface area contributed by atoms with Gasteiger partial charge in [0.25, 0.3) is 0 Å². The number of piperazine rings is 1. The number of sulfonamides is 1. The summed E-state index contributed by atoms with van der Waals surface area (Å²) < 4.78 is 69.7. The molecule has 0 bridgehead atoms. The Hall–Kier alpha value is -2.32. The number of carbonyl (C=O) groups is 1. The maximum absolute atomic E-state index is 12.8. The minimum Gasteiger partial charge on any atom is -0.444 e. The normalized spacial score (nSPS) is 19.2. The molecule has 0 saturated carbocycles. The highest BCUT2D eigenvalue weighted by Gasteiger charge is 2.39. The van der Waals surface area contributed by atoms with Crippen molar-refractivity contribution in [2.75, 3.05) is 19.6 Å². The van der Waals surface area contributed by atoms with E-state index in [2.05, 4.69) is 0 Å². The van der Waals surface area contributed by atoms with E-state index in [1.54, 1.807) is 20.8 Å². The second-order valence-electron chi connectivity index (χ2n) is 7.21. The second-order valence-corrected chi connectivity index (χ2v) is 9.10. The van der Waals surface area contributed by atoms with Crippen molar-refractivity contribution in [1.82, 2.24) is 9.21 Å². The Balaban J connectivity index is 2.21. The molecule has 1 aromatic carbocycles. The Bertz CT molecular complexity index is 871. The van der Waals surface area contributed by atoms with Crippen LogP contribution in [0.5, 0.6) is 0 Å². The predicted octanol–water partition coefficient (Wildman–Crippen LogP) is 2.84. The average Bonchev–Trinajstić information content (AvgIpc) is 2.59. The lowest BCUT2D eigenvalue weighted by atomic mass is 10.2. The summed E-state index contributed by atoms with van der Waals surface area (Å²) in [7, 11) is -4.21. The van der Waals surface area contributed by atoms with Crippen LogP contribution in [0.1, 0.15) is 26.3 Å². The van der Waals surface area contributed by atoms with E-state index < -0.39 is 39.5 Å². The predicted molar refractivity (Wildman–Crippen MR) is 92.5 cm³/mol. The first-order valence-corrected chi connectivity index (χ1v) is 9.76. The molecule has 0 aromatic heterocycles. The van der Waals surface area contributed by atoms with Crippen molar-refractivity contribution in [3.8, 4) is 6.07 Å². The summed E-state index contributed by atoms with van der Waals surface area (Å²) >= 11 is 0. The van der Waals surface area contributed by atoms with Crippen LogP contribution in [0.4, 0.5) is 18.0 Å². The molecule has 0 spiro atoms. The average molecular weight is 419 g/mol. The van der Waals surface area contributed by atoms with E-state index in [1.807, 2.05) is 6.07 Å². The summed E-state index contributed by atoms with van der Waals surface area (Å²) in [6.07, 6.45) is -5.25. The summed E-state index contributed by atoms with van der Waals surface area (Å²) in [6, 6.07) is 3.70. The summed E-state index contributed by atoms with van der Waals surface area (Å²) in [5.74, 6) is 0. The molecule has 11 heteroatoms. The fourth-order valence-electron chi connectivity index (χ4n) is 2.60. The molecule has 0 N–H and O–H groups in total. The Morgan fingerprint density at radius 3 is 2.21 bits per heavy atom. The van der Waals surface area contributed by atoms with E-state index in [1.165, 1.54) is 4.90 Å². The van der Waals surface area contributed by atoms with Gasteiger partial charge in [-0.2, -0.15) is 22.7 Å². The Labute approximate surface area is 161 Å². The van der Waals surface area contributed by atoms with Crippen molar-refractivity contribution in [3.05, 3.63) is 29.8 Å². The van der Waals surface area contributed by atoms with Gasteiger partial charge in [-0.15, -0.1) is 0 Å². The van der Waals surface area contributed by atoms with Crippen LogP contribution in [0.15, 0.2) is 29.2 Å². The standard InChI is InChI=1S/C17H20F3N3O4S/c1-16(2,3)27-15(24)22-8-9-23(13(10-21)11-22)28(25,26)14-6-4-12(5-7-14)17(18,19)20/h4-7,13H,8-9,11H2,1-3H3/t13-/m0/s1. The molecule has 1 saturated heterocycles. The Morgan fingerprint density at radius 2 is 1.75 bits per heavy atom. The van der Waals surface area contributed by atoms with E-state index in [4.69, 9.17) is 4.74 Å². The van der Waals surface area contributed by atoms with Crippen molar-refractivity contribution in [1.29, 1.82) is 5.26 Å². The first kappa shape index (κ1) is 22.0. The van der Waals surface area contributed by atoms with Crippen LogP contribution in [-0.4, -0.2) is 55.0 Å². The van der Waals surface area contributed by atoms with E-state index in [0.717, 1.165) is 16.4 Å². The molecule has 0 radical (unpaired) electrons. The quantitative estimate of drug-likeness (QED) is 0.735. The third-order valence-corrected chi connectivity index (χ3v) is 5.84. The van der Waals surface area contributed by atoms with Gasteiger partial charge >= 0.3 is 12.3 Å². The van der Waals surface area contributed by atoms with Crippen molar-refractivity contribution in [3.63, 3.8) is 0 Å². The number of alkyl halides is 3. The number of hydrogen-bond acceptors (Lipinski definition) is 5. The number of nitriles is 1. The number of halogens is 3. The molecule has 1 atom stereocenters. The topological polar surface area (TPSA) is 90.7 Å². The fraction of sp³-hybridized carbons (Fsp3) is 0.529. The molecule has 1 fully saturated rings. The molecule has 1 aliphatic heterocycles. The first-order valence-electron chi connectivity index (χ1n) is 8.32. The van der Waals surface area contributed by atoms with Gasteiger partial charge in [0.15, 0.2) is 0 Å². The maximum Gasteiger partial charge on any atom is 0.416 e. The lowest BCUT2D eigenvalue weighted by Gasteiger charge is -2.37. The molecule has 1 aliphatic rings. The minimum absolute atomic E-state index is 0.00699. The van der Waals surface area contributed by atoms with E-state index in [9.17, 15) is 31.6 Å². The fourth-order valence-corrected chi connectivity index (χ4v) is 4.12. The van der Waals surface area contributed by atoms with Gasteiger partial charge in [0.05, 0.1) is 23.1 Å². The molecule has 0 aliphatic carbocycles. The van der Waals surface area contributed by atoms with Gasteiger partial charge in [-0.25, -0.2) is 13.2 Å². The lowest BCUT2D eigenvalue weighted by molar-refractivity contribution is -0.137. The van der Waals surface area contributed by atoms with Crippen LogP contribution in [-0.2, 0) is 20.9 Å². The molecule has 1 aromatic rings. The molecule has 0 unspecified atom stereocenters. The summed E-state index contributed by atoms with van der Waals surface area (Å²) in [5.41, 5.74) is -1.72. The van der Waals surface area contributed by atoms with Gasteiger partial charge in [0, 0.05) is 13.1 Å². The Morgan fingerprint density at radius 1 is 1.18 bits per heavy atom. The zero-order chi connectivity index (χ0) is 21.3. The largest absolute Gasteiger partial charge is 0.444 e. The number of carbonyl (C=O) groups excluding carboxylic acids is 1. The number of benzene rings is 1. The smallest absolute Gasteiger partial charge is 0.416 e. The molecular formula is C17H20F3N3O4S. The third-order valence-electron chi connectivity index (χ3n) is 3.92. The van der Waals surface area contributed by atoms with Crippen LogP contribution in [0, 0.1) is 11.3 Å². The minimum atomic E-state index is -4.59. The maximum atomic E-state index is 12.8. The molecule has 28 heavy (non-hydrogen) atoms. The van der Waals surface area contributed by atoms with Gasteiger partial charge in [-0.05, 0) is 45.0 Å². The van der Waals surface area contributed by atoms with E-state index in [-0.39, 0.29) is 24.5 Å². The van der Waals surface area contributed by atoms with Gasteiger partial charge < -0.3 is 9.64 Å². The molecule has 154 valence electrons. The zero-order valence-electron chi connectivity index (χ0n) is 15.5. The van der Waals surface area contributed by atoms with Crippen LogP contribution in [0.2, 0.25) is 0 Å². The number of rotatable bonds is 2. The van der Waals surface area contributed by atoms with Crippen LogP contribution in [0.25, 0.3) is 0 Å². The highest BCUT2D eigenvalue weighted by atomic mass is 32.2. The van der Waals surface area contributed by atoms with Gasteiger partial charge in [-0.3, -0.25) is 0 Å². The number of hydrogen-bond donors (Lipinski definition) is 0.